The molecule has 0 aromatic carbocycles. The summed E-state index contributed by atoms with van der Waals surface area (Å²) in [6.07, 6.45) is 7.45. The Hall–Kier alpha value is -1.88. The molecule has 0 aliphatic carbocycles. The van der Waals surface area contributed by atoms with Crippen LogP contribution in [0.25, 0.3) is 5.65 Å². The van der Waals surface area contributed by atoms with Crippen LogP contribution in [0.2, 0.25) is 0 Å². The lowest BCUT2D eigenvalue weighted by Gasteiger charge is -2.09. The number of fused-ring (bicyclic) bond motifs is 1. The summed E-state index contributed by atoms with van der Waals surface area (Å²) in [5.41, 5.74) is 1.51. The number of nitrogens with zero attached hydrogens (tertiary/aromatic N) is 3. The predicted octanol–water partition coefficient (Wildman–Crippen LogP) is 1.41. The number of carbonyl (C=O) groups excluding carboxylic acids is 1. The second-order valence-corrected chi connectivity index (χ2v) is 4.88. The second-order valence-electron chi connectivity index (χ2n) is 4.88. The maximum Gasteiger partial charge on any atom is 0.252 e. The number of aromatic nitrogens is 2. The summed E-state index contributed by atoms with van der Waals surface area (Å²) in [4.78, 5) is 18.2. The zero-order valence-corrected chi connectivity index (χ0v) is 11.5. The van der Waals surface area contributed by atoms with Crippen LogP contribution in [0, 0.1) is 0 Å². The van der Waals surface area contributed by atoms with Gasteiger partial charge in [0.15, 0.2) is 0 Å². The van der Waals surface area contributed by atoms with Crippen LogP contribution in [0.4, 0.5) is 0 Å². The number of hydrogen-bond donors (Lipinski definition) is 1. The molecule has 2 aromatic rings. The van der Waals surface area contributed by atoms with E-state index in [2.05, 4.69) is 29.3 Å². The number of amides is 1. The fourth-order valence-corrected chi connectivity index (χ4v) is 1.91. The Balaban J connectivity index is 1.82. The first-order valence-corrected chi connectivity index (χ1v) is 6.52. The summed E-state index contributed by atoms with van der Waals surface area (Å²) in [6, 6.07) is 3.65. The standard InChI is InChI=1S/C14H20N4O/c1-17(2)9-4-3-7-16-14(19)12-5-6-13-15-8-10-18(13)11-12/h5-6,8,10-11H,3-4,7,9H2,1-2H3,(H,16,19). The van der Waals surface area contributed by atoms with Gasteiger partial charge in [0.25, 0.3) is 5.91 Å². The van der Waals surface area contributed by atoms with E-state index in [1.807, 2.05) is 16.7 Å². The largest absolute Gasteiger partial charge is 0.352 e. The molecule has 19 heavy (non-hydrogen) atoms. The number of nitrogens with one attached hydrogen (secondary N) is 1. The fourth-order valence-electron chi connectivity index (χ4n) is 1.91. The Morgan fingerprint density at radius 1 is 1.37 bits per heavy atom. The van der Waals surface area contributed by atoms with Gasteiger partial charge in [-0.2, -0.15) is 0 Å². The van der Waals surface area contributed by atoms with Crippen molar-refractivity contribution in [2.45, 2.75) is 12.8 Å². The molecule has 0 aliphatic rings. The molecule has 0 spiro atoms. The highest BCUT2D eigenvalue weighted by atomic mass is 16.1. The third-order valence-corrected chi connectivity index (χ3v) is 2.97. The molecule has 0 unspecified atom stereocenters. The topological polar surface area (TPSA) is 49.6 Å². The fraction of sp³-hybridized carbons (Fsp3) is 0.429. The number of carbonyl (C=O) groups is 1. The van der Waals surface area contributed by atoms with Gasteiger partial charge in [-0.3, -0.25) is 4.79 Å². The summed E-state index contributed by atoms with van der Waals surface area (Å²) < 4.78 is 1.85. The van der Waals surface area contributed by atoms with Crippen LogP contribution in [0.1, 0.15) is 23.2 Å². The van der Waals surface area contributed by atoms with Crippen LogP contribution in [-0.2, 0) is 0 Å². The lowest BCUT2D eigenvalue weighted by atomic mass is 10.2. The van der Waals surface area contributed by atoms with E-state index in [1.165, 1.54) is 0 Å². The Morgan fingerprint density at radius 2 is 2.21 bits per heavy atom. The molecule has 0 radical (unpaired) electrons. The van der Waals surface area contributed by atoms with Crippen molar-refractivity contribution in [3.63, 3.8) is 0 Å². The van der Waals surface area contributed by atoms with E-state index in [0.29, 0.717) is 12.1 Å². The average Bonchev–Trinajstić information content (AvgIpc) is 2.84. The third-order valence-electron chi connectivity index (χ3n) is 2.97. The van der Waals surface area contributed by atoms with Crippen LogP contribution < -0.4 is 5.32 Å². The molecule has 0 saturated carbocycles. The summed E-state index contributed by atoms with van der Waals surface area (Å²) in [5, 5.41) is 2.94. The van der Waals surface area contributed by atoms with Crippen LogP contribution in [0.5, 0.6) is 0 Å². The zero-order chi connectivity index (χ0) is 13.7. The van der Waals surface area contributed by atoms with E-state index in [0.717, 1.165) is 25.0 Å². The van der Waals surface area contributed by atoms with Crippen molar-refractivity contribution in [1.29, 1.82) is 0 Å². The number of imidazole rings is 1. The summed E-state index contributed by atoms with van der Waals surface area (Å²) in [6.45, 7) is 1.77. The highest BCUT2D eigenvalue weighted by molar-refractivity contribution is 5.94. The maximum absolute atomic E-state index is 12.0. The van der Waals surface area contributed by atoms with Gasteiger partial charge in [0, 0.05) is 25.1 Å². The van der Waals surface area contributed by atoms with E-state index < -0.39 is 0 Å². The molecule has 5 heteroatoms. The first-order chi connectivity index (χ1) is 9.16. The van der Waals surface area contributed by atoms with Gasteiger partial charge in [-0.1, -0.05) is 0 Å². The van der Waals surface area contributed by atoms with Crippen LogP contribution in [0.3, 0.4) is 0 Å². The van der Waals surface area contributed by atoms with Gasteiger partial charge in [0.05, 0.1) is 5.56 Å². The average molecular weight is 260 g/mol. The molecule has 5 nitrogen and oxygen atoms in total. The van der Waals surface area contributed by atoms with Gasteiger partial charge in [-0.15, -0.1) is 0 Å². The van der Waals surface area contributed by atoms with Crippen LogP contribution in [0.15, 0.2) is 30.7 Å². The van der Waals surface area contributed by atoms with Crippen molar-refractivity contribution in [3.05, 3.63) is 36.3 Å². The van der Waals surface area contributed by atoms with E-state index in [-0.39, 0.29) is 5.91 Å². The van der Waals surface area contributed by atoms with Crippen molar-refractivity contribution in [3.8, 4) is 0 Å². The van der Waals surface area contributed by atoms with E-state index in [4.69, 9.17) is 0 Å². The third kappa shape index (κ3) is 3.79. The van der Waals surface area contributed by atoms with E-state index in [9.17, 15) is 4.79 Å². The first kappa shape index (κ1) is 13.5. The lowest BCUT2D eigenvalue weighted by molar-refractivity contribution is 0.0952. The highest BCUT2D eigenvalue weighted by Gasteiger charge is 2.05. The molecule has 0 atom stereocenters. The molecule has 1 amide bonds. The van der Waals surface area contributed by atoms with Crippen molar-refractivity contribution in [2.24, 2.45) is 0 Å². The minimum absolute atomic E-state index is 0.0274. The van der Waals surface area contributed by atoms with Crippen molar-refractivity contribution < 1.29 is 4.79 Å². The summed E-state index contributed by atoms with van der Waals surface area (Å²) in [7, 11) is 4.11. The van der Waals surface area contributed by atoms with Crippen molar-refractivity contribution in [2.75, 3.05) is 27.2 Å². The molecule has 102 valence electrons. The van der Waals surface area contributed by atoms with Gasteiger partial charge in [-0.05, 0) is 45.6 Å². The van der Waals surface area contributed by atoms with Gasteiger partial charge >= 0.3 is 0 Å². The molecule has 2 rings (SSSR count). The van der Waals surface area contributed by atoms with Gasteiger partial charge in [0.2, 0.25) is 0 Å². The SMILES string of the molecule is CN(C)CCCCNC(=O)c1ccc2nccn2c1. The Labute approximate surface area is 113 Å². The van der Waals surface area contributed by atoms with Crippen molar-refractivity contribution in [1.82, 2.24) is 19.6 Å². The Bertz CT molecular complexity index is 547. The molecular formula is C14H20N4O. The second kappa shape index (κ2) is 6.33. The van der Waals surface area contributed by atoms with Gasteiger partial charge in [-0.25, -0.2) is 4.98 Å². The summed E-state index contributed by atoms with van der Waals surface area (Å²) >= 11 is 0. The van der Waals surface area contributed by atoms with Gasteiger partial charge < -0.3 is 14.6 Å². The van der Waals surface area contributed by atoms with Crippen LogP contribution >= 0.6 is 0 Å². The quantitative estimate of drug-likeness (QED) is 0.799. The highest BCUT2D eigenvalue weighted by Crippen LogP contribution is 2.04. The van der Waals surface area contributed by atoms with Crippen molar-refractivity contribution >= 4 is 11.6 Å². The molecule has 1 N–H and O–H groups in total. The molecular weight excluding hydrogens is 240 g/mol. The zero-order valence-electron chi connectivity index (χ0n) is 11.5. The number of rotatable bonds is 6. The Morgan fingerprint density at radius 3 is 3.00 bits per heavy atom. The Kier molecular flexibility index (Phi) is 4.52. The summed E-state index contributed by atoms with van der Waals surface area (Å²) in [5.74, 6) is -0.0274. The normalized spacial score (nSPS) is 11.1. The molecule has 0 aliphatic heterocycles. The van der Waals surface area contributed by atoms with E-state index in [1.54, 1.807) is 18.5 Å². The molecule has 0 saturated heterocycles. The van der Waals surface area contributed by atoms with Gasteiger partial charge in [0.1, 0.15) is 5.65 Å². The minimum Gasteiger partial charge on any atom is -0.352 e. The van der Waals surface area contributed by atoms with Crippen LogP contribution in [-0.4, -0.2) is 47.4 Å². The lowest BCUT2D eigenvalue weighted by Crippen LogP contribution is -2.25. The monoisotopic (exact) mass is 260 g/mol. The molecule has 0 bridgehead atoms. The number of unbranched alkanes of at least 4 members (excludes halogenated alkanes) is 1. The minimum atomic E-state index is -0.0274. The smallest absolute Gasteiger partial charge is 0.252 e. The molecule has 2 heterocycles. The molecule has 0 fully saturated rings. The first-order valence-electron chi connectivity index (χ1n) is 6.52. The molecule has 2 aromatic heterocycles. The predicted molar refractivity (Wildman–Crippen MR) is 75.3 cm³/mol. The maximum atomic E-state index is 12.0. The number of hydrogen-bond acceptors (Lipinski definition) is 3. The van der Waals surface area contributed by atoms with E-state index >= 15 is 0 Å². The number of pyridine rings is 1.